The molecule has 0 aromatic carbocycles. The van der Waals surface area contributed by atoms with Crippen molar-refractivity contribution in [3.63, 3.8) is 0 Å². The summed E-state index contributed by atoms with van der Waals surface area (Å²) < 4.78 is 4.56. The number of allylic oxidation sites excluding steroid dienone is 5. The lowest BCUT2D eigenvalue weighted by atomic mass is 10.1. The van der Waals surface area contributed by atoms with Crippen LogP contribution in [0.15, 0.2) is 36.6 Å². The van der Waals surface area contributed by atoms with Crippen molar-refractivity contribution in [3.05, 3.63) is 43.8 Å². The fraction of sp³-hybridized carbons (Fsp3) is 0.650. The normalized spacial score (nSPS) is 12.1. The van der Waals surface area contributed by atoms with Crippen LogP contribution in [0.4, 0.5) is 0 Å². The molecule has 1 radical (unpaired) electrons. The Kier molecular flexibility index (Phi) is 18.1. The molecule has 0 N–H and O–H groups in total. The fourth-order valence-electron chi connectivity index (χ4n) is 2.33. The zero-order valence-electron chi connectivity index (χ0n) is 14.1. The Morgan fingerprint density at radius 3 is 1.76 bits per heavy atom. The van der Waals surface area contributed by atoms with Crippen LogP contribution in [0.25, 0.3) is 0 Å². The van der Waals surface area contributed by atoms with Gasteiger partial charge in [0.2, 0.25) is 0 Å². The van der Waals surface area contributed by atoms with Gasteiger partial charge in [0.1, 0.15) is 7.11 Å². The quantitative estimate of drug-likeness (QED) is 0.177. The van der Waals surface area contributed by atoms with Gasteiger partial charge in [-0.1, -0.05) is 95.4 Å². The van der Waals surface area contributed by atoms with E-state index in [0.29, 0.717) is 0 Å². The molecule has 121 valence electrons. The summed E-state index contributed by atoms with van der Waals surface area (Å²) in [4.78, 5) is 0. The molecule has 1 nitrogen and oxygen atoms in total. The minimum absolute atomic E-state index is 1.19. The predicted molar refractivity (Wildman–Crippen MR) is 94.9 cm³/mol. The first-order valence-electron chi connectivity index (χ1n) is 8.81. The third kappa shape index (κ3) is 19.0. The monoisotopic (exact) mass is 291 g/mol. The van der Waals surface area contributed by atoms with Crippen molar-refractivity contribution in [1.82, 2.24) is 0 Å². The van der Waals surface area contributed by atoms with Gasteiger partial charge in [-0.2, -0.15) is 0 Å². The Labute approximate surface area is 133 Å². The van der Waals surface area contributed by atoms with E-state index in [-0.39, 0.29) is 0 Å². The zero-order valence-corrected chi connectivity index (χ0v) is 14.1. The molecule has 21 heavy (non-hydrogen) atoms. The molecule has 0 aliphatic heterocycles. The van der Waals surface area contributed by atoms with Crippen molar-refractivity contribution in [2.75, 3.05) is 0 Å². The van der Waals surface area contributed by atoms with E-state index in [9.17, 15) is 0 Å². The SMILES string of the molecule is [CH2]O/C=C/C=C/C=C/CCCCCCCCCCCCC. The Morgan fingerprint density at radius 1 is 0.667 bits per heavy atom. The highest BCUT2D eigenvalue weighted by Gasteiger charge is 1.92. The van der Waals surface area contributed by atoms with Crippen LogP contribution in [-0.4, -0.2) is 0 Å². The van der Waals surface area contributed by atoms with Crippen LogP contribution in [0.5, 0.6) is 0 Å². The van der Waals surface area contributed by atoms with E-state index in [1.807, 2.05) is 18.2 Å². The average molecular weight is 291 g/mol. The first-order chi connectivity index (χ1) is 10.4. The molecule has 0 heterocycles. The van der Waals surface area contributed by atoms with E-state index < -0.39 is 0 Å². The molecule has 0 rings (SSSR count). The molecule has 0 spiro atoms. The van der Waals surface area contributed by atoms with E-state index in [2.05, 4.69) is 30.9 Å². The number of ether oxygens (including phenoxy) is 1. The molecular weight excluding hydrogens is 256 g/mol. The van der Waals surface area contributed by atoms with Gasteiger partial charge in [-0.3, -0.25) is 0 Å². The highest BCUT2D eigenvalue weighted by Crippen LogP contribution is 2.11. The van der Waals surface area contributed by atoms with Crippen molar-refractivity contribution >= 4 is 0 Å². The number of rotatable bonds is 15. The average Bonchev–Trinajstić information content (AvgIpc) is 2.50. The van der Waals surface area contributed by atoms with Crippen LogP contribution >= 0.6 is 0 Å². The second-order valence-electron chi connectivity index (χ2n) is 5.63. The van der Waals surface area contributed by atoms with Crippen molar-refractivity contribution in [2.45, 2.75) is 84.0 Å². The molecule has 0 aromatic rings. The Balaban J connectivity index is 3.13. The summed E-state index contributed by atoms with van der Waals surface area (Å²) in [6.45, 7) is 2.28. The van der Waals surface area contributed by atoms with Crippen molar-refractivity contribution in [2.24, 2.45) is 0 Å². The van der Waals surface area contributed by atoms with E-state index in [1.54, 1.807) is 6.26 Å². The molecule has 0 unspecified atom stereocenters. The predicted octanol–water partition coefficient (Wildman–Crippen LogP) is 7.12. The summed E-state index contributed by atoms with van der Waals surface area (Å²) in [6, 6.07) is 0. The molecular formula is C20H35O. The number of hydrogen-bond donors (Lipinski definition) is 0. The van der Waals surface area contributed by atoms with Gasteiger partial charge in [0.15, 0.2) is 0 Å². The Hall–Kier alpha value is -0.980. The van der Waals surface area contributed by atoms with E-state index in [4.69, 9.17) is 0 Å². The molecule has 0 aliphatic carbocycles. The topological polar surface area (TPSA) is 9.23 Å². The summed E-state index contributed by atoms with van der Waals surface area (Å²) in [5, 5.41) is 0. The van der Waals surface area contributed by atoms with Crippen molar-refractivity contribution < 1.29 is 4.74 Å². The van der Waals surface area contributed by atoms with Gasteiger partial charge in [-0.15, -0.1) is 0 Å². The van der Waals surface area contributed by atoms with E-state index in [0.717, 1.165) is 0 Å². The molecule has 0 fully saturated rings. The summed E-state index contributed by atoms with van der Waals surface area (Å²) in [5.41, 5.74) is 0. The lowest BCUT2D eigenvalue weighted by Crippen LogP contribution is -1.81. The lowest BCUT2D eigenvalue weighted by Gasteiger charge is -2.01. The van der Waals surface area contributed by atoms with Crippen LogP contribution in [0.1, 0.15) is 84.0 Å². The molecule has 0 atom stereocenters. The maximum absolute atomic E-state index is 4.56. The minimum atomic E-state index is 1.19. The second-order valence-corrected chi connectivity index (χ2v) is 5.63. The van der Waals surface area contributed by atoms with Crippen molar-refractivity contribution in [3.8, 4) is 0 Å². The summed E-state index contributed by atoms with van der Waals surface area (Å²) in [6.07, 6.45) is 28.4. The highest BCUT2D eigenvalue weighted by atomic mass is 16.5. The van der Waals surface area contributed by atoms with Gasteiger partial charge in [0.25, 0.3) is 0 Å². The van der Waals surface area contributed by atoms with Gasteiger partial charge >= 0.3 is 0 Å². The van der Waals surface area contributed by atoms with Gasteiger partial charge < -0.3 is 4.74 Å². The molecule has 0 saturated carbocycles. The Bertz CT molecular complexity index is 263. The van der Waals surface area contributed by atoms with Crippen LogP contribution in [0.3, 0.4) is 0 Å². The third-order valence-corrected chi connectivity index (χ3v) is 3.62. The maximum Gasteiger partial charge on any atom is 0.121 e. The summed E-state index contributed by atoms with van der Waals surface area (Å²) >= 11 is 0. The molecule has 0 aromatic heterocycles. The number of unbranched alkanes of at least 4 members (excludes halogenated alkanes) is 11. The van der Waals surface area contributed by atoms with Crippen LogP contribution < -0.4 is 0 Å². The standard InChI is InChI=1S/C20H35O/c1-3-4-5-6-7-8-9-10-11-12-13-14-15-16-17-18-19-20-21-2/h15-20H,2-14H2,1H3/b16-15+,18-17+,20-19+. The summed E-state index contributed by atoms with van der Waals surface area (Å²) in [7, 11) is 3.26. The van der Waals surface area contributed by atoms with Crippen LogP contribution in [0, 0.1) is 7.11 Å². The van der Waals surface area contributed by atoms with Gasteiger partial charge in [0.05, 0.1) is 6.26 Å². The lowest BCUT2D eigenvalue weighted by molar-refractivity contribution is 0.394. The van der Waals surface area contributed by atoms with Crippen molar-refractivity contribution in [1.29, 1.82) is 0 Å². The smallest absolute Gasteiger partial charge is 0.121 e. The minimum Gasteiger partial charge on any atom is -0.498 e. The van der Waals surface area contributed by atoms with E-state index in [1.165, 1.54) is 77.0 Å². The molecule has 0 bridgehead atoms. The largest absolute Gasteiger partial charge is 0.498 e. The summed E-state index contributed by atoms with van der Waals surface area (Å²) in [5.74, 6) is 0. The van der Waals surface area contributed by atoms with Gasteiger partial charge in [-0.25, -0.2) is 0 Å². The van der Waals surface area contributed by atoms with E-state index >= 15 is 0 Å². The third-order valence-electron chi connectivity index (χ3n) is 3.62. The molecule has 0 amide bonds. The van der Waals surface area contributed by atoms with Crippen LogP contribution in [0.2, 0.25) is 0 Å². The Morgan fingerprint density at radius 2 is 1.19 bits per heavy atom. The van der Waals surface area contributed by atoms with Crippen LogP contribution in [-0.2, 0) is 4.74 Å². The first kappa shape index (κ1) is 20.0. The zero-order chi connectivity index (χ0) is 15.4. The highest BCUT2D eigenvalue weighted by molar-refractivity contribution is 5.09. The fourth-order valence-corrected chi connectivity index (χ4v) is 2.33. The maximum atomic E-state index is 4.56. The molecule has 0 saturated heterocycles. The number of hydrogen-bond acceptors (Lipinski definition) is 1. The first-order valence-corrected chi connectivity index (χ1v) is 8.81. The van der Waals surface area contributed by atoms with Gasteiger partial charge in [0, 0.05) is 0 Å². The molecule has 1 heteroatoms. The molecule has 0 aliphatic rings. The second kappa shape index (κ2) is 19.0. The van der Waals surface area contributed by atoms with Gasteiger partial charge in [-0.05, 0) is 18.9 Å².